The number of fused-ring (bicyclic) bond motifs is 1. The van der Waals surface area contributed by atoms with Crippen molar-refractivity contribution in [2.24, 2.45) is 11.3 Å². The number of hydrogen-bond acceptors (Lipinski definition) is 5. The summed E-state index contributed by atoms with van der Waals surface area (Å²) in [4.78, 5) is 11.6. The molecule has 4 rings (SSSR count). The van der Waals surface area contributed by atoms with Crippen molar-refractivity contribution >= 4 is 11.3 Å². The fourth-order valence-corrected chi connectivity index (χ4v) is 5.32. The highest BCUT2D eigenvalue weighted by Gasteiger charge is 2.60. The van der Waals surface area contributed by atoms with Crippen molar-refractivity contribution in [3.05, 3.63) is 35.5 Å². The van der Waals surface area contributed by atoms with E-state index in [1.165, 1.54) is 6.42 Å². The van der Waals surface area contributed by atoms with Gasteiger partial charge in [-0.25, -0.2) is 4.98 Å². The molecule has 122 valence electrons. The normalized spacial score (nSPS) is 28.6. The summed E-state index contributed by atoms with van der Waals surface area (Å²) >= 11 is 1.68. The Balaban J connectivity index is 1.47. The Morgan fingerprint density at radius 2 is 2.26 bits per heavy atom. The van der Waals surface area contributed by atoms with E-state index in [4.69, 9.17) is 9.72 Å². The second-order valence-corrected chi connectivity index (χ2v) is 8.14. The maximum Gasteiger partial charge on any atom is 0.142 e. The quantitative estimate of drug-likeness (QED) is 0.861. The van der Waals surface area contributed by atoms with Crippen molar-refractivity contribution in [3.8, 4) is 10.7 Å². The molecule has 1 aliphatic heterocycles. The first-order valence-electron chi connectivity index (χ1n) is 8.25. The Labute approximate surface area is 141 Å². The van der Waals surface area contributed by atoms with Crippen LogP contribution in [0, 0.1) is 11.3 Å². The molecule has 1 saturated heterocycles. The molecule has 3 atom stereocenters. The molecule has 4 nitrogen and oxygen atoms in total. The molecule has 1 saturated carbocycles. The first-order chi connectivity index (χ1) is 11.1. The van der Waals surface area contributed by atoms with E-state index in [0.29, 0.717) is 18.1 Å². The van der Waals surface area contributed by atoms with Crippen molar-refractivity contribution in [2.45, 2.75) is 39.0 Å². The standard InChI is InChI=1S/C18H23N3OS/c1-18(2)15(13-7-9-22-16(13)18)21(3)10-12-11-23-17(20-12)14-6-4-5-8-19-14/h4-6,8,11,13,15-16H,7,9-10H2,1-3H3/t13-,15+,16+/m0/s1. The Morgan fingerprint density at radius 3 is 3.04 bits per heavy atom. The maximum atomic E-state index is 5.91. The van der Waals surface area contributed by atoms with E-state index in [1.54, 1.807) is 11.3 Å². The predicted molar refractivity (Wildman–Crippen MR) is 92.2 cm³/mol. The molecule has 2 fully saturated rings. The van der Waals surface area contributed by atoms with Crippen LogP contribution in [0.15, 0.2) is 29.8 Å². The third-order valence-corrected chi connectivity index (χ3v) is 6.27. The topological polar surface area (TPSA) is 38.2 Å². The monoisotopic (exact) mass is 329 g/mol. The number of ether oxygens (including phenoxy) is 1. The van der Waals surface area contributed by atoms with E-state index >= 15 is 0 Å². The molecule has 0 unspecified atom stereocenters. The lowest BCUT2D eigenvalue weighted by Gasteiger charge is -2.57. The molecule has 0 spiro atoms. The Hall–Kier alpha value is -1.30. The van der Waals surface area contributed by atoms with Crippen LogP contribution in [0.1, 0.15) is 26.0 Å². The Bertz CT molecular complexity index is 685. The third kappa shape index (κ3) is 2.51. The van der Waals surface area contributed by atoms with Crippen LogP contribution in [-0.2, 0) is 11.3 Å². The van der Waals surface area contributed by atoms with Gasteiger partial charge in [0, 0.05) is 42.1 Å². The van der Waals surface area contributed by atoms with Gasteiger partial charge in [-0.15, -0.1) is 11.3 Å². The fourth-order valence-electron chi connectivity index (χ4n) is 4.53. The summed E-state index contributed by atoms with van der Waals surface area (Å²) < 4.78 is 5.91. The van der Waals surface area contributed by atoms with Crippen LogP contribution in [-0.4, -0.2) is 40.7 Å². The molecule has 1 aliphatic carbocycles. The summed E-state index contributed by atoms with van der Waals surface area (Å²) in [5, 5.41) is 3.17. The molecule has 0 N–H and O–H groups in total. The molecule has 23 heavy (non-hydrogen) atoms. The van der Waals surface area contributed by atoms with E-state index < -0.39 is 0 Å². The van der Waals surface area contributed by atoms with Crippen LogP contribution in [0.5, 0.6) is 0 Å². The van der Waals surface area contributed by atoms with Gasteiger partial charge in [-0.3, -0.25) is 9.88 Å². The lowest BCUT2D eigenvalue weighted by atomic mass is 9.57. The average molecular weight is 329 g/mol. The lowest BCUT2D eigenvalue weighted by molar-refractivity contribution is -0.151. The van der Waals surface area contributed by atoms with E-state index in [0.717, 1.165) is 29.5 Å². The minimum absolute atomic E-state index is 0.232. The number of aromatic nitrogens is 2. The molecule has 0 aromatic carbocycles. The van der Waals surface area contributed by atoms with Crippen molar-refractivity contribution in [1.29, 1.82) is 0 Å². The van der Waals surface area contributed by atoms with Crippen molar-refractivity contribution in [2.75, 3.05) is 13.7 Å². The minimum atomic E-state index is 0.232. The highest BCUT2D eigenvalue weighted by molar-refractivity contribution is 7.13. The largest absolute Gasteiger partial charge is 0.377 e. The second kappa shape index (κ2) is 5.65. The first kappa shape index (κ1) is 15.2. The number of rotatable bonds is 4. The smallest absolute Gasteiger partial charge is 0.142 e. The SMILES string of the molecule is CN(Cc1csc(-c2ccccn2)n1)[C@@H]1[C@@H]2CCO[C@H]2C1(C)C. The summed E-state index contributed by atoms with van der Waals surface area (Å²) in [6.07, 6.45) is 3.45. The van der Waals surface area contributed by atoms with Gasteiger partial charge in [0.25, 0.3) is 0 Å². The lowest BCUT2D eigenvalue weighted by Crippen LogP contribution is -2.65. The highest BCUT2D eigenvalue weighted by Crippen LogP contribution is 2.54. The maximum absolute atomic E-state index is 5.91. The van der Waals surface area contributed by atoms with E-state index in [-0.39, 0.29) is 5.41 Å². The molecular formula is C18H23N3OS. The van der Waals surface area contributed by atoms with Crippen LogP contribution >= 0.6 is 11.3 Å². The van der Waals surface area contributed by atoms with Crippen LogP contribution < -0.4 is 0 Å². The summed E-state index contributed by atoms with van der Waals surface area (Å²) in [7, 11) is 2.22. The van der Waals surface area contributed by atoms with Crippen LogP contribution in [0.4, 0.5) is 0 Å². The molecule has 2 aromatic heterocycles. The summed E-state index contributed by atoms with van der Waals surface area (Å²) in [5.74, 6) is 0.684. The van der Waals surface area contributed by atoms with Gasteiger partial charge in [0.15, 0.2) is 0 Å². The van der Waals surface area contributed by atoms with Gasteiger partial charge in [0.1, 0.15) is 5.01 Å². The minimum Gasteiger partial charge on any atom is -0.377 e. The number of thiazole rings is 1. The number of nitrogens with zero attached hydrogens (tertiary/aromatic N) is 3. The molecule has 3 heterocycles. The Morgan fingerprint density at radius 1 is 1.39 bits per heavy atom. The molecule has 0 bridgehead atoms. The average Bonchev–Trinajstić information content (AvgIpc) is 3.16. The fraction of sp³-hybridized carbons (Fsp3) is 0.556. The van der Waals surface area contributed by atoms with E-state index in [1.807, 2.05) is 24.4 Å². The van der Waals surface area contributed by atoms with Gasteiger partial charge in [-0.1, -0.05) is 19.9 Å². The number of pyridine rings is 1. The predicted octanol–water partition coefficient (Wildman–Crippen LogP) is 3.45. The van der Waals surface area contributed by atoms with Crippen LogP contribution in [0.3, 0.4) is 0 Å². The molecule has 2 aromatic rings. The summed E-state index contributed by atoms with van der Waals surface area (Å²) in [5.41, 5.74) is 2.33. The molecule has 2 aliphatic rings. The molecule has 0 radical (unpaired) electrons. The number of hydrogen-bond donors (Lipinski definition) is 0. The second-order valence-electron chi connectivity index (χ2n) is 7.28. The molecule has 5 heteroatoms. The summed E-state index contributed by atoms with van der Waals surface area (Å²) in [6, 6.07) is 6.54. The van der Waals surface area contributed by atoms with Crippen LogP contribution in [0.25, 0.3) is 10.7 Å². The van der Waals surface area contributed by atoms with Gasteiger partial charge < -0.3 is 4.74 Å². The van der Waals surface area contributed by atoms with Gasteiger partial charge in [-0.05, 0) is 25.6 Å². The van der Waals surface area contributed by atoms with Crippen molar-refractivity contribution < 1.29 is 4.74 Å². The molecule has 0 amide bonds. The zero-order valence-electron chi connectivity index (χ0n) is 13.9. The molecular weight excluding hydrogens is 306 g/mol. The zero-order valence-corrected chi connectivity index (χ0v) is 14.7. The van der Waals surface area contributed by atoms with Gasteiger partial charge in [0.2, 0.25) is 0 Å². The zero-order chi connectivity index (χ0) is 16.0. The van der Waals surface area contributed by atoms with Crippen molar-refractivity contribution in [3.63, 3.8) is 0 Å². The van der Waals surface area contributed by atoms with E-state index in [2.05, 4.69) is 36.2 Å². The Kier molecular flexibility index (Phi) is 3.75. The van der Waals surface area contributed by atoms with Gasteiger partial charge in [0.05, 0.1) is 17.5 Å². The van der Waals surface area contributed by atoms with E-state index in [9.17, 15) is 0 Å². The van der Waals surface area contributed by atoms with Crippen molar-refractivity contribution in [1.82, 2.24) is 14.9 Å². The van der Waals surface area contributed by atoms with Gasteiger partial charge in [-0.2, -0.15) is 0 Å². The third-order valence-electron chi connectivity index (χ3n) is 5.36. The highest BCUT2D eigenvalue weighted by atomic mass is 32.1. The van der Waals surface area contributed by atoms with Crippen LogP contribution in [0.2, 0.25) is 0 Å². The summed E-state index contributed by atoms with van der Waals surface area (Å²) in [6.45, 7) is 6.48. The first-order valence-corrected chi connectivity index (χ1v) is 9.13. The van der Waals surface area contributed by atoms with Gasteiger partial charge >= 0.3 is 0 Å².